The summed E-state index contributed by atoms with van der Waals surface area (Å²) >= 11 is 5.90. The number of non-ortho nitro benzene ring substituents is 1. The second-order valence-corrected chi connectivity index (χ2v) is 3.91. The van der Waals surface area contributed by atoms with Crippen LogP contribution in [0.1, 0.15) is 5.56 Å². The van der Waals surface area contributed by atoms with Gasteiger partial charge < -0.3 is 16.4 Å². The van der Waals surface area contributed by atoms with Gasteiger partial charge in [-0.05, 0) is 11.6 Å². The summed E-state index contributed by atoms with van der Waals surface area (Å²) in [6.07, 6.45) is 0. The highest BCUT2D eigenvalue weighted by molar-refractivity contribution is 6.31. The topological polar surface area (TPSA) is 110 Å². The van der Waals surface area contributed by atoms with Crippen LogP contribution >= 0.6 is 11.6 Å². The smallest absolute Gasteiger partial charge is 0.312 e. The molecule has 0 heterocycles. The molecular weight excluding hydrogens is 260 g/mol. The zero-order chi connectivity index (χ0) is 13.5. The number of nitrogens with zero attached hydrogens (tertiary/aromatic N) is 1. The van der Waals surface area contributed by atoms with Crippen LogP contribution in [0.3, 0.4) is 0 Å². The molecule has 0 atom stereocenters. The van der Waals surface area contributed by atoms with Crippen LogP contribution in [0.15, 0.2) is 18.2 Å². The molecule has 0 aliphatic heterocycles. The monoisotopic (exact) mass is 272 g/mol. The number of urea groups is 1. The van der Waals surface area contributed by atoms with Crippen molar-refractivity contribution in [1.82, 2.24) is 10.6 Å². The van der Waals surface area contributed by atoms with Crippen molar-refractivity contribution >= 4 is 23.3 Å². The van der Waals surface area contributed by atoms with Crippen LogP contribution in [0.25, 0.3) is 0 Å². The average molecular weight is 273 g/mol. The number of nitro benzene ring substituents is 1. The summed E-state index contributed by atoms with van der Waals surface area (Å²) < 4.78 is 0. The third-order valence-electron chi connectivity index (χ3n) is 2.16. The Morgan fingerprint density at radius 1 is 1.44 bits per heavy atom. The maximum atomic E-state index is 10.5. The number of hydrogen-bond donors (Lipinski definition) is 3. The largest absolute Gasteiger partial charge is 0.352 e. The number of amides is 2. The van der Waals surface area contributed by atoms with Crippen molar-refractivity contribution in [3.05, 3.63) is 38.9 Å². The molecule has 0 aliphatic carbocycles. The number of primary amides is 1. The SMILES string of the molecule is NC(=O)NCCNCc1ccc([N+](=O)[O-])cc1Cl. The molecule has 2 amide bonds. The highest BCUT2D eigenvalue weighted by atomic mass is 35.5. The molecule has 0 saturated heterocycles. The maximum Gasteiger partial charge on any atom is 0.312 e. The van der Waals surface area contributed by atoms with Gasteiger partial charge in [0, 0.05) is 31.8 Å². The normalized spacial score (nSPS) is 10.1. The summed E-state index contributed by atoms with van der Waals surface area (Å²) in [5.74, 6) is 0. The Morgan fingerprint density at radius 2 is 2.17 bits per heavy atom. The van der Waals surface area contributed by atoms with Crippen molar-refractivity contribution in [2.24, 2.45) is 5.73 Å². The summed E-state index contributed by atoms with van der Waals surface area (Å²) in [6.45, 7) is 1.38. The van der Waals surface area contributed by atoms with E-state index in [2.05, 4.69) is 10.6 Å². The van der Waals surface area contributed by atoms with E-state index in [0.29, 0.717) is 24.7 Å². The minimum absolute atomic E-state index is 0.0425. The molecule has 0 fully saturated rings. The second-order valence-electron chi connectivity index (χ2n) is 3.50. The Bertz CT molecular complexity index is 453. The van der Waals surface area contributed by atoms with Gasteiger partial charge in [-0.2, -0.15) is 0 Å². The lowest BCUT2D eigenvalue weighted by Gasteiger charge is -2.06. The Balaban J connectivity index is 2.43. The first-order valence-electron chi connectivity index (χ1n) is 5.17. The molecule has 0 bridgehead atoms. The van der Waals surface area contributed by atoms with E-state index in [9.17, 15) is 14.9 Å². The van der Waals surface area contributed by atoms with Crippen LogP contribution in [0.5, 0.6) is 0 Å². The number of nitro groups is 1. The summed E-state index contributed by atoms with van der Waals surface area (Å²) in [6, 6.07) is 3.71. The number of halogens is 1. The number of carbonyl (C=O) groups is 1. The van der Waals surface area contributed by atoms with Crippen molar-refractivity contribution in [2.45, 2.75) is 6.54 Å². The first-order chi connectivity index (χ1) is 8.50. The number of nitrogens with two attached hydrogens (primary N) is 1. The van der Waals surface area contributed by atoms with Gasteiger partial charge >= 0.3 is 6.03 Å². The molecule has 8 heteroatoms. The van der Waals surface area contributed by atoms with Gasteiger partial charge in [-0.1, -0.05) is 11.6 Å². The molecule has 98 valence electrons. The van der Waals surface area contributed by atoms with E-state index >= 15 is 0 Å². The fourth-order valence-corrected chi connectivity index (χ4v) is 1.53. The van der Waals surface area contributed by atoms with Crippen molar-refractivity contribution in [3.63, 3.8) is 0 Å². The first-order valence-corrected chi connectivity index (χ1v) is 5.55. The number of rotatable bonds is 6. The lowest BCUT2D eigenvalue weighted by molar-refractivity contribution is -0.384. The molecule has 0 spiro atoms. The van der Waals surface area contributed by atoms with Crippen molar-refractivity contribution in [1.29, 1.82) is 0 Å². The molecule has 1 aromatic rings. The van der Waals surface area contributed by atoms with Gasteiger partial charge in [-0.25, -0.2) is 4.79 Å². The van der Waals surface area contributed by atoms with Crippen molar-refractivity contribution in [2.75, 3.05) is 13.1 Å². The first kappa shape index (κ1) is 14.2. The number of nitrogens with one attached hydrogen (secondary N) is 2. The van der Waals surface area contributed by atoms with Crippen LogP contribution in [0, 0.1) is 10.1 Å². The highest BCUT2D eigenvalue weighted by Gasteiger charge is 2.08. The fourth-order valence-electron chi connectivity index (χ4n) is 1.29. The van der Waals surface area contributed by atoms with E-state index in [1.54, 1.807) is 6.07 Å². The molecule has 18 heavy (non-hydrogen) atoms. The van der Waals surface area contributed by atoms with E-state index in [-0.39, 0.29) is 5.69 Å². The minimum Gasteiger partial charge on any atom is -0.352 e. The molecule has 0 unspecified atom stereocenters. The quantitative estimate of drug-likeness (QED) is 0.408. The van der Waals surface area contributed by atoms with Gasteiger partial charge in [0.15, 0.2) is 0 Å². The lowest BCUT2D eigenvalue weighted by Crippen LogP contribution is -2.35. The highest BCUT2D eigenvalue weighted by Crippen LogP contribution is 2.22. The zero-order valence-electron chi connectivity index (χ0n) is 9.48. The standard InChI is InChI=1S/C10H13ClN4O3/c11-9-5-8(15(17)18)2-1-7(9)6-13-3-4-14-10(12)16/h1-2,5,13H,3-4,6H2,(H3,12,14,16). The predicted octanol–water partition coefficient (Wildman–Crippen LogP) is 1.01. The lowest BCUT2D eigenvalue weighted by atomic mass is 10.2. The Hall–Kier alpha value is -1.86. The summed E-state index contributed by atoms with van der Waals surface area (Å²) in [5, 5.41) is 16.3. The van der Waals surface area contributed by atoms with Crippen LogP contribution in [0.4, 0.5) is 10.5 Å². The van der Waals surface area contributed by atoms with Gasteiger partial charge in [0.2, 0.25) is 0 Å². The molecule has 0 aromatic heterocycles. The molecular formula is C10H13ClN4O3. The Kier molecular flexibility index (Phi) is 5.34. The van der Waals surface area contributed by atoms with Gasteiger partial charge in [-0.3, -0.25) is 10.1 Å². The third-order valence-corrected chi connectivity index (χ3v) is 2.52. The number of benzene rings is 1. The second kappa shape index (κ2) is 6.77. The van der Waals surface area contributed by atoms with E-state index in [4.69, 9.17) is 17.3 Å². The zero-order valence-corrected chi connectivity index (χ0v) is 10.2. The van der Waals surface area contributed by atoms with E-state index in [0.717, 1.165) is 5.56 Å². The molecule has 0 aliphatic rings. The van der Waals surface area contributed by atoms with Crippen LogP contribution in [0.2, 0.25) is 5.02 Å². The van der Waals surface area contributed by atoms with Crippen LogP contribution < -0.4 is 16.4 Å². The molecule has 7 nitrogen and oxygen atoms in total. The minimum atomic E-state index is -0.579. The molecule has 4 N–H and O–H groups in total. The fraction of sp³-hybridized carbons (Fsp3) is 0.300. The summed E-state index contributed by atoms with van der Waals surface area (Å²) in [7, 11) is 0. The van der Waals surface area contributed by atoms with Gasteiger partial charge in [-0.15, -0.1) is 0 Å². The summed E-state index contributed by atoms with van der Waals surface area (Å²) in [5.41, 5.74) is 5.60. The molecule has 1 rings (SSSR count). The average Bonchev–Trinajstić information content (AvgIpc) is 2.29. The predicted molar refractivity (Wildman–Crippen MR) is 67.4 cm³/mol. The van der Waals surface area contributed by atoms with E-state index in [1.165, 1.54) is 12.1 Å². The van der Waals surface area contributed by atoms with E-state index < -0.39 is 11.0 Å². The van der Waals surface area contributed by atoms with Crippen LogP contribution in [-0.2, 0) is 6.54 Å². The van der Waals surface area contributed by atoms with Gasteiger partial charge in [0.05, 0.1) is 9.95 Å². The Morgan fingerprint density at radius 3 is 2.72 bits per heavy atom. The number of hydrogen-bond acceptors (Lipinski definition) is 4. The van der Waals surface area contributed by atoms with E-state index in [1.807, 2.05) is 0 Å². The maximum absolute atomic E-state index is 10.5. The third kappa shape index (κ3) is 4.56. The molecule has 1 aromatic carbocycles. The molecule has 0 radical (unpaired) electrons. The summed E-state index contributed by atoms with van der Waals surface area (Å²) in [4.78, 5) is 20.4. The number of carbonyl (C=O) groups excluding carboxylic acids is 1. The van der Waals surface area contributed by atoms with Crippen molar-refractivity contribution in [3.8, 4) is 0 Å². The van der Waals surface area contributed by atoms with Gasteiger partial charge in [0.1, 0.15) is 0 Å². The Labute approximate surface area is 108 Å². The van der Waals surface area contributed by atoms with Crippen molar-refractivity contribution < 1.29 is 9.72 Å². The van der Waals surface area contributed by atoms with Gasteiger partial charge in [0.25, 0.3) is 5.69 Å². The molecule has 0 saturated carbocycles. The van der Waals surface area contributed by atoms with Crippen LogP contribution in [-0.4, -0.2) is 24.0 Å².